The number of methoxy groups -OCH3 is 2. The van der Waals surface area contributed by atoms with Gasteiger partial charge in [-0.2, -0.15) is 23.2 Å². The number of hydrogen-bond donors (Lipinski definition) is 11. The Labute approximate surface area is 445 Å². The van der Waals surface area contributed by atoms with Gasteiger partial charge in [-0.3, -0.25) is 42.3 Å². The number of H-pyrrole nitrogens is 2. The summed E-state index contributed by atoms with van der Waals surface area (Å²) in [6.07, 6.45) is -13.4. The smallest absolute Gasteiger partial charge is 0.490 e. The van der Waals surface area contributed by atoms with Gasteiger partial charge in [0.05, 0.1) is 65.4 Å². The van der Waals surface area contributed by atoms with Crippen molar-refractivity contribution in [2.45, 2.75) is 67.5 Å². The molecule has 3 saturated heterocycles. The molecule has 44 heteroatoms. The molecule has 14 N–H and O–H groups in total. The lowest BCUT2D eigenvalue weighted by molar-refractivity contribution is -0.646. The lowest BCUT2D eigenvalue weighted by Gasteiger charge is -2.31. The van der Waals surface area contributed by atoms with Crippen LogP contribution in [0.4, 0.5) is 17.7 Å². The van der Waals surface area contributed by atoms with E-state index in [0.29, 0.717) is 0 Å². The number of nitrogen functional groups attached to an aromatic ring is 3. The van der Waals surface area contributed by atoms with Crippen LogP contribution in [0.5, 0.6) is 0 Å². The van der Waals surface area contributed by atoms with E-state index in [-0.39, 0.29) is 71.0 Å². The van der Waals surface area contributed by atoms with Crippen molar-refractivity contribution < 1.29 is 113 Å². The van der Waals surface area contributed by atoms with Crippen LogP contribution in [0.2, 0.25) is 0 Å². The van der Waals surface area contributed by atoms with Crippen LogP contribution in [0.1, 0.15) is 18.7 Å². The average molecular weight is 1220 g/mol. The highest BCUT2D eigenvalue weighted by Gasteiger charge is 2.53. The molecule has 0 spiro atoms. The summed E-state index contributed by atoms with van der Waals surface area (Å²) in [5.74, 6) is -1.79. The number of aliphatic hydroxyl groups excluding tert-OH is 3. The fraction of sp³-hybridized carbons (Fsp3) is 0.583. The van der Waals surface area contributed by atoms with Gasteiger partial charge in [0.25, 0.3) is 24.5 Å². The van der Waals surface area contributed by atoms with Gasteiger partial charge in [-0.15, -0.1) is 0 Å². The molecule has 16 atom stereocenters. The van der Waals surface area contributed by atoms with Crippen LogP contribution in [0.25, 0.3) is 33.5 Å². The van der Waals surface area contributed by atoms with Crippen molar-refractivity contribution in [3.63, 3.8) is 0 Å². The first-order chi connectivity index (χ1) is 37.7. The van der Waals surface area contributed by atoms with Crippen LogP contribution in [-0.4, -0.2) is 186 Å². The normalized spacial score (nSPS) is 29.3. The minimum Gasteiger partial charge on any atom is -0.756 e. The van der Waals surface area contributed by atoms with Gasteiger partial charge >= 0.3 is 29.0 Å². The number of phosphoric ester groups is 3. The first-order valence-electron chi connectivity index (χ1n) is 23.1. The molecule has 0 radical (unpaired) electrons. The van der Waals surface area contributed by atoms with Gasteiger partial charge in [-0.25, -0.2) is 38.2 Å². The number of nitrogens with two attached hydrogens (primary N) is 3. The maximum absolute atomic E-state index is 13.6. The van der Waals surface area contributed by atoms with Crippen molar-refractivity contribution >= 4 is 82.5 Å². The second kappa shape index (κ2) is 23.2. The number of phosphoric acid groups is 4. The van der Waals surface area contributed by atoms with E-state index in [1.165, 1.54) is 34.2 Å². The predicted molar refractivity (Wildman–Crippen MR) is 257 cm³/mol. The van der Waals surface area contributed by atoms with E-state index < -0.39 is 136 Å². The lowest BCUT2D eigenvalue weighted by Crippen LogP contribution is -2.39. The molecule has 440 valence electrons. The van der Waals surface area contributed by atoms with Gasteiger partial charge in [0.2, 0.25) is 24.5 Å². The molecule has 4 unspecified atom stereocenters. The van der Waals surface area contributed by atoms with Gasteiger partial charge in [0.1, 0.15) is 54.6 Å². The number of nitrogens with zero attached hydrogens (tertiary/aromatic N) is 10. The van der Waals surface area contributed by atoms with E-state index in [0.717, 1.165) is 30.7 Å². The van der Waals surface area contributed by atoms with Crippen LogP contribution >= 0.6 is 31.3 Å². The van der Waals surface area contributed by atoms with Crippen molar-refractivity contribution in [3.05, 3.63) is 46.0 Å². The van der Waals surface area contributed by atoms with Crippen LogP contribution < -0.4 is 37.8 Å². The van der Waals surface area contributed by atoms with Crippen LogP contribution in [0.15, 0.2) is 34.9 Å². The number of ether oxygens (including phenoxy) is 6. The Bertz CT molecular complexity index is 3570. The summed E-state index contributed by atoms with van der Waals surface area (Å²) < 4.78 is 121. The van der Waals surface area contributed by atoms with E-state index in [1.54, 1.807) is 0 Å². The molecule has 80 heavy (non-hydrogen) atoms. The number of aliphatic hydroxyl groups is 3. The Morgan fingerprint density at radius 2 is 1.26 bits per heavy atom. The summed E-state index contributed by atoms with van der Waals surface area (Å²) in [6.45, 7) is -3.47. The van der Waals surface area contributed by atoms with E-state index in [2.05, 4.69) is 48.5 Å². The molecule has 3 aliphatic rings. The minimum absolute atomic E-state index is 0.00362. The highest BCUT2D eigenvalue weighted by atomic mass is 31.3. The molecule has 9 heterocycles. The molecule has 0 aromatic carbocycles. The highest BCUT2D eigenvalue weighted by molar-refractivity contribution is 7.66. The van der Waals surface area contributed by atoms with Crippen LogP contribution in [0, 0.1) is 5.92 Å². The predicted octanol–water partition coefficient (Wildman–Crippen LogP) is -4.42. The number of hydrogen-bond acceptors (Lipinski definition) is 31. The molecule has 0 amide bonds. The fourth-order valence-corrected chi connectivity index (χ4v) is 13.4. The van der Waals surface area contributed by atoms with Crippen molar-refractivity contribution in [3.8, 4) is 0 Å². The van der Waals surface area contributed by atoms with Crippen molar-refractivity contribution in [1.82, 2.24) is 53.6 Å². The second-order valence-electron chi connectivity index (χ2n) is 17.7. The zero-order valence-corrected chi connectivity index (χ0v) is 45.0. The zero-order valence-electron chi connectivity index (χ0n) is 41.4. The lowest BCUT2D eigenvalue weighted by atomic mass is 9.99. The van der Waals surface area contributed by atoms with Gasteiger partial charge < -0.3 is 89.6 Å². The van der Waals surface area contributed by atoms with E-state index in [4.69, 9.17) is 63.7 Å². The van der Waals surface area contributed by atoms with E-state index >= 15 is 0 Å². The molecule has 40 nitrogen and oxygen atoms in total. The zero-order chi connectivity index (χ0) is 57.8. The third-order valence-corrected chi connectivity index (χ3v) is 17.7. The molecule has 0 saturated carbocycles. The Hall–Kier alpha value is -5.19. The molecule has 0 aliphatic carbocycles. The van der Waals surface area contributed by atoms with Crippen molar-refractivity contribution in [1.29, 1.82) is 0 Å². The highest BCUT2D eigenvalue weighted by Crippen LogP contribution is 2.68. The summed E-state index contributed by atoms with van der Waals surface area (Å²) in [6, 6.07) is 0. The summed E-state index contributed by atoms with van der Waals surface area (Å²) in [4.78, 5) is 99.2. The van der Waals surface area contributed by atoms with Crippen molar-refractivity contribution in [2.24, 2.45) is 13.0 Å². The third kappa shape index (κ3) is 12.4. The summed E-state index contributed by atoms with van der Waals surface area (Å²) in [5, 5.41) is 33.2. The van der Waals surface area contributed by atoms with E-state index in [9.17, 15) is 62.7 Å². The SMILES string of the molecule is COCCOC[C@H]1[C@@H](O)[C@H](n2c[n+](C)c3c(=O)[nH]c(N)nc32)O[C@@H]1COP(=O)(O)OP(=O)(O)OP(=O)(O)OC[C@H]1O[C@@H](n2cnc3c(N)ncnc32)[C@H](OC)[C@@H]1OP(=O)([O-])OC[C@H]1O[C@@H](n2cnc3c(=O)[nH]c(N)nc32)[C@H](O)[C@@H]1O. The number of rotatable bonds is 24. The molecule has 0 bridgehead atoms. The first kappa shape index (κ1) is 59.4. The molecule has 6 aromatic rings. The van der Waals surface area contributed by atoms with Crippen molar-refractivity contribution in [2.75, 3.05) is 71.1 Å². The topological polar surface area (TPSA) is 563 Å². The van der Waals surface area contributed by atoms with Gasteiger partial charge in [0, 0.05) is 20.1 Å². The number of aromatic amines is 2. The molecule has 9 rings (SSSR count). The summed E-state index contributed by atoms with van der Waals surface area (Å²) >= 11 is 0. The molecular formula is C36H51N15O25P4. The average Bonchev–Trinajstić information content (AvgIpc) is 4.29. The van der Waals surface area contributed by atoms with Gasteiger partial charge in [0.15, 0.2) is 35.1 Å². The quantitative estimate of drug-likeness (QED) is 0.0155. The maximum Gasteiger partial charge on any atom is 0.490 e. The minimum atomic E-state index is -6.22. The third-order valence-electron chi connectivity index (χ3n) is 12.5. The molecular weight excluding hydrogens is 1170 g/mol. The molecule has 3 fully saturated rings. The number of nitrogens with one attached hydrogen (secondary N) is 2. The number of aromatic nitrogens is 12. The summed E-state index contributed by atoms with van der Waals surface area (Å²) in [7, 11) is -19.8. The van der Waals surface area contributed by atoms with Gasteiger partial charge in [-0.1, -0.05) is 0 Å². The first-order valence-corrected chi connectivity index (χ1v) is 29.0. The van der Waals surface area contributed by atoms with Gasteiger partial charge in [-0.05, 0) is 0 Å². The van der Waals surface area contributed by atoms with E-state index in [1.807, 2.05) is 0 Å². The van der Waals surface area contributed by atoms with Crippen LogP contribution in [-0.2, 0) is 80.4 Å². The Morgan fingerprint density at radius 1 is 0.675 bits per heavy atom. The largest absolute Gasteiger partial charge is 0.756 e. The Kier molecular flexibility index (Phi) is 17.3. The molecule has 6 aromatic heterocycles. The monoisotopic (exact) mass is 1220 g/mol. The Balaban J connectivity index is 0.872. The fourth-order valence-electron chi connectivity index (χ4n) is 8.94. The second-order valence-corrected chi connectivity index (χ2v) is 23.7. The maximum atomic E-state index is 13.6. The number of anilines is 3. The van der Waals surface area contributed by atoms with Crippen LogP contribution in [0.3, 0.4) is 0 Å². The number of aryl methyl sites for hydroxylation is 1. The number of imidazole rings is 3. The Morgan fingerprint density at radius 3 is 1.94 bits per heavy atom. The summed E-state index contributed by atoms with van der Waals surface area (Å²) in [5.41, 5.74) is 15.7. The standard InChI is InChI=1S/C36H51N15O25P4/c1-48-13-51(29-20(48)31(56)47-36(39)45-29)32-21(52)14(6-67-5-4-65-2)15(71-32)7-69-78(59,60)75-80(63,64)76-79(61,62)70-9-17-24(25(66-3)34(73-17)49-11-42-18-26(37)40-10-41-27(18)49)74-77(57,58)68-8-16-22(53)23(54)33(72-16)50-12-43-19-28(50)44-35(38)46-30(19)55/h10-17,21-25,32-34,52-54H,4-9H2,1-3H3,(H11-,37,38,39,40,41,44,45,46,47,55,56,57,58,59,60,61,62,63,64)/t14-,15-,16-,17-,21-,22-,23-,24-,25-,32-,33-,34-/m1/s1. The number of fused-ring (bicyclic) bond motifs is 3. The molecule has 3 aliphatic heterocycles.